The largest absolute Gasteiger partial charge is 0.416 e. The summed E-state index contributed by atoms with van der Waals surface area (Å²) in [6, 6.07) is 4.61. The van der Waals surface area contributed by atoms with Gasteiger partial charge in [-0.25, -0.2) is 0 Å². The van der Waals surface area contributed by atoms with Crippen molar-refractivity contribution in [2.75, 3.05) is 26.8 Å². The summed E-state index contributed by atoms with van der Waals surface area (Å²) in [5.74, 6) is -0.127. The second kappa shape index (κ2) is 7.31. The second-order valence-corrected chi connectivity index (χ2v) is 5.73. The van der Waals surface area contributed by atoms with Gasteiger partial charge >= 0.3 is 6.18 Å². The third kappa shape index (κ3) is 4.68. The Morgan fingerprint density at radius 2 is 2.22 bits per heavy atom. The molecule has 2 rings (SSSR count). The summed E-state index contributed by atoms with van der Waals surface area (Å²) < 4.78 is 43.7. The van der Waals surface area contributed by atoms with Gasteiger partial charge in [-0.3, -0.25) is 4.79 Å². The number of halogens is 3. The summed E-state index contributed by atoms with van der Waals surface area (Å²) in [7, 11) is 1.61. The molecule has 0 saturated carbocycles. The fraction of sp³-hybridized carbons (Fsp3) is 0.562. The lowest BCUT2D eigenvalue weighted by Gasteiger charge is -2.29. The van der Waals surface area contributed by atoms with Crippen LogP contribution in [-0.4, -0.2) is 43.7 Å². The first-order valence-electron chi connectivity index (χ1n) is 7.53. The van der Waals surface area contributed by atoms with Crippen LogP contribution < -0.4 is 5.32 Å². The van der Waals surface area contributed by atoms with Crippen molar-refractivity contribution in [2.45, 2.75) is 31.6 Å². The molecule has 2 atom stereocenters. The minimum Gasteiger partial charge on any atom is -0.378 e. The van der Waals surface area contributed by atoms with Gasteiger partial charge < -0.3 is 15.0 Å². The number of hydrogen-bond acceptors (Lipinski definition) is 3. The Balaban J connectivity index is 2.03. The van der Waals surface area contributed by atoms with Gasteiger partial charge in [-0.15, -0.1) is 0 Å². The van der Waals surface area contributed by atoms with Gasteiger partial charge in [0, 0.05) is 26.1 Å². The molecule has 1 heterocycles. The van der Waals surface area contributed by atoms with Gasteiger partial charge in [-0.2, -0.15) is 13.2 Å². The number of hydrogen-bond donors (Lipinski definition) is 1. The molecule has 0 spiro atoms. The standard InChI is InChI=1S/C16H21F3N2O2/c1-11(12-4-3-5-13(8-12)16(17,18)19)21(2)15(22)9-14-10-23-7-6-20-14/h3-5,8,11,14,20H,6-7,9-10H2,1-2H3. The Bertz CT molecular complexity index is 542. The number of amides is 1. The molecule has 2 unspecified atom stereocenters. The van der Waals surface area contributed by atoms with Crippen molar-refractivity contribution < 1.29 is 22.7 Å². The molecule has 0 radical (unpaired) electrons. The number of carbonyl (C=O) groups excluding carboxylic acids is 1. The second-order valence-electron chi connectivity index (χ2n) is 5.73. The number of alkyl halides is 3. The van der Waals surface area contributed by atoms with Crippen molar-refractivity contribution in [3.63, 3.8) is 0 Å². The fourth-order valence-corrected chi connectivity index (χ4v) is 2.52. The van der Waals surface area contributed by atoms with E-state index in [4.69, 9.17) is 4.74 Å². The molecule has 0 aliphatic carbocycles. The van der Waals surface area contributed by atoms with E-state index >= 15 is 0 Å². The highest BCUT2D eigenvalue weighted by Gasteiger charge is 2.31. The maximum Gasteiger partial charge on any atom is 0.416 e. The molecule has 1 aromatic rings. The Kier molecular flexibility index (Phi) is 5.64. The van der Waals surface area contributed by atoms with Gasteiger partial charge in [0.05, 0.1) is 24.8 Å². The molecule has 23 heavy (non-hydrogen) atoms. The van der Waals surface area contributed by atoms with Crippen molar-refractivity contribution in [1.29, 1.82) is 0 Å². The Labute approximate surface area is 133 Å². The van der Waals surface area contributed by atoms with E-state index in [0.29, 0.717) is 25.3 Å². The number of ether oxygens (including phenoxy) is 1. The monoisotopic (exact) mass is 330 g/mol. The van der Waals surface area contributed by atoms with E-state index in [1.807, 2.05) is 0 Å². The highest BCUT2D eigenvalue weighted by atomic mass is 19.4. The lowest BCUT2D eigenvalue weighted by molar-refractivity contribution is -0.137. The van der Waals surface area contributed by atoms with Crippen LogP contribution in [0.3, 0.4) is 0 Å². The normalized spacial score (nSPS) is 20.1. The predicted molar refractivity (Wildman–Crippen MR) is 79.9 cm³/mol. The molecule has 7 heteroatoms. The lowest BCUT2D eigenvalue weighted by atomic mass is 10.0. The first-order valence-corrected chi connectivity index (χ1v) is 7.53. The Morgan fingerprint density at radius 3 is 2.83 bits per heavy atom. The lowest BCUT2D eigenvalue weighted by Crippen LogP contribution is -2.44. The van der Waals surface area contributed by atoms with Gasteiger partial charge in [-0.05, 0) is 24.6 Å². The minimum atomic E-state index is -4.39. The number of nitrogens with one attached hydrogen (secondary N) is 1. The number of carbonyl (C=O) groups is 1. The maximum absolute atomic E-state index is 12.8. The Morgan fingerprint density at radius 1 is 1.48 bits per heavy atom. The van der Waals surface area contributed by atoms with E-state index in [2.05, 4.69) is 5.32 Å². The molecule has 0 aromatic heterocycles. The molecule has 1 N–H and O–H groups in total. The van der Waals surface area contributed by atoms with Gasteiger partial charge in [0.15, 0.2) is 0 Å². The molecular formula is C16H21F3N2O2. The molecule has 4 nitrogen and oxygen atoms in total. The zero-order valence-corrected chi connectivity index (χ0v) is 13.2. The summed E-state index contributed by atoms with van der Waals surface area (Å²) in [5, 5.41) is 3.19. The SMILES string of the molecule is CC(c1cccc(C(F)(F)F)c1)N(C)C(=O)CC1COCCN1. The summed E-state index contributed by atoms with van der Waals surface area (Å²) in [6.45, 7) is 3.52. The molecule has 128 valence electrons. The fourth-order valence-electron chi connectivity index (χ4n) is 2.52. The minimum absolute atomic E-state index is 0.0487. The molecule has 1 saturated heterocycles. The smallest absolute Gasteiger partial charge is 0.378 e. The molecule has 1 amide bonds. The molecule has 1 aliphatic rings. The average Bonchev–Trinajstić information content (AvgIpc) is 2.53. The van der Waals surface area contributed by atoms with Crippen LogP contribution in [0.15, 0.2) is 24.3 Å². The van der Waals surface area contributed by atoms with E-state index in [1.54, 1.807) is 20.0 Å². The molecular weight excluding hydrogens is 309 g/mol. The van der Waals surface area contributed by atoms with Crippen LogP contribution in [0, 0.1) is 0 Å². The number of benzene rings is 1. The number of rotatable bonds is 4. The topological polar surface area (TPSA) is 41.6 Å². The highest BCUT2D eigenvalue weighted by Crippen LogP contribution is 2.31. The van der Waals surface area contributed by atoms with Crippen molar-refractivity contribution in [2.24, 2.45) is 0 Å². The van der Waals surface area contributed by atoms with E-state index < -0.39 is 17.8 Å². The van der Waals surface area contributed by atoms with E-state index in [-0.39, 0.29) is 18.4 Å². The van der Waals surface area contributed by atoms with Crippen molar-refractivity contribution in [3.05, 3.63) is 35.4 Å². The van der Waals surface area contributed by atoms with Crippen LogP contribution >= 0.6 is 0 Å². The third-order valence-corrected chi connectivity index (χ3v) is 4.09. The summed E-state index contributed by atoms with van der Waals surface area (Å²) in [4.78, 5) is 13.8. The van der Waals surface area contributed by atoms with Crippen LogP contribution in [0.4, 0.5) is 13.2 Å². The maximum atomic E-state index is 12.8. The van der Waals surface area contributed by atoms with Crippen LogP contribution in [0.5, 0.6) is 0 Å². The quantitative estimate of drug-likeness (QED) is 0.923. The Hall–Kier alpha value is -1.60. The average molecular weight is 330 g/mol. The van der Waals surface area contributed by atoms with Crippen LogP contribution in [-0.2, 0) is 15.7 Å². The number of nitrogens with zero attached hydrogens (tertiary/aromatic N) is 1. The molecule has 1 fully saturated rings. The first kappa shape index (κ1) is 17.7. The van der Waals surface area contributed by atoms with Gasteiger partial charge in [0.25, 0.3) is 0 Å². The van der Waals surface area contributed by atoms with Crippen LogP contribution in [0.25, 0.3) is 0 Å². The zero-order valence-electron chi connectivity index (χ0n) is 13.2. The van der Waals surface area contributed by atoms with E-state index in [1.165, 1.54) is 11.0 Å². The summed E-state index contributed by atoms with van der Waals surface area (Å²) in [5.41, 5.74) is -0.242. The third-order valence-electron chi connectivity index (χ3n) is 4.09. The van der Waals surface area contributed by atoms with Crippen molar-refractivity contribution in [1.82, 2.24) is 10.2 Å². The first-order chi connectivity index (χ1) is 10.8. The zero-order chi connectivity index (χ0) is 17.0. The van der Waals surface area contributed by atoms with Gasteiger partial charge in [0.2, 0.25) is 5.91 Å². The highest BCUT2D eigenvalue weighted by molar-refractivity contribution is 5.77. The molecule has 1 aromatic carbocycles. The number of morpholine rings is 1. The van der Waals surface area contributed by atoms with E-state index in [0.717, 1.165) is 12.1 Å². The van der Waals surface area contributed by atoms with Gasteiger partial charge in [0.1, 0.15) is 0 Å². The summed E-state index contributed by atoms with van der Waals surface area (Å²) in [6.07, 6.45) is -4.12. The van der Waals surface area contributed by atoms with Crippen molar-refractivity contribution >= 4 is 5.91 Å². The van der Waals surface area contributed by atoms with Crippen molar-refractivity contribution in [3.8, 4) is 0 Å². The predicted octanol–water partition coefficient (Wildman–Crippen LogP) is 2.60. The molecule has 1 aliphatic heterocycles. The van der Waals surface area contributed by atoms with Gasteiger partial charge in [-0.1, -0.05) is 12.1 Å². The molecule has 0 bridgehead atoms. The van der Waals surface area contributed by atoms with E-state index in [9.17, 15) is 18.0 Å². The van der Waals surface area contributed by atoms with Crippen LogP contribution in [0.1, 0.15) is 30.5 Å². The van der Waals surface area contributed by atoms with Crippen LogP contribution in [0.2, 0.25) is 0 Å². The summed E-state index contributed by atoms with van der Waals surface area (Å²) >= 11 is 0.